The lowest BCUT2D eigenvalue weighted by Gasteiger charge is -2.05. The molecule has 0 spiro atoms. The molecule has 0 aliphatic rings. The van der Waals surface area contributed by atoms with Crippen LogP contribution in [-0.2, 0) is 6.42 Å². The molecule has 0 bridgehead atoms. The number of nitro groups is 1. The number of nitrogens with two attached hydrogens (primary N) is 1. The molecular formula is C13H14N4O2. The van der Waals surface area contributed by atoms with Crippen LogP contribution in [0.25, 0.3) is 11.4 Å². The Hall–Kier alpha value is -2.50. The lowest BCUT2D eigenvalue weighted by molar-refractivity contribution is -0.384. The minimum absolute atomic E-state index is 0.0430. The molecule has 1 aromatic carbocycles. The first-order valence-electron chi connectivity index (χ1n) is 5.98. The normalized spacial score (nSPS) is 10.4. The zero-order valence-corrected chi connectivity index (χ0v) is 10.5. The second-order valence-electron chi connectivity index (χ2n) is 4.16. The summed E-state index contributed by atoms with van der Waals surface area (Å²) in [6.07, 6.45) is 1.79. The minimum atomic E-state index is -0.438. The number of anilines is 1. The van der Waals surface area contributed by atoms with E-state index >= 15 is 0 Å². The molecule has 0 saturated carbocycles. The van der Waals surface area contributed by atoms with Gasteiger partial charge >= 0.3 is 0 Å². The Bertz CT molecular complexity index is 596. The van der Waals surface area contributed by atoms with Gasteiger partial charge in [-0.2, -0.15) is 0 Å². The van der Waals surface area contributed by atoms with Gasteiger partial charge in [-0.25, -0.2) is 9.97 Å². The molecule has 0 saturated heterocycles. The smallest absolute Gasteiger partial charge is 0.269 e. The minimum Gasteiger partial charge on any atom is -0.384 e. The molecule has 2 aromatic rings. The number of aryl methyl sites for hydroxylation is 1. The lowest BCUT2D eigenvalue weighted by Crippen LogP contribution is -2.00. The highest BCUT2D eigenvalue weighted by atomic mass is 16.6. The van der Waals surface area contributed by atoms with Crippen molar-refractivity contribution in [1.29, 1.82) is 0 Å². The van der Waals surface area contributed by atoms with Crippen LogP contribution in [0.4, 0.5) is 11.5 Å². The number of aromatic nitrogens is 2. The molecular weight excluding hydrogens is 244 g/mol. The van der Waals surface area contributed by atoms with Crippen molar-refractivity contribution in [2.24, 2.45) is 0 Å². The molecule has 2 N–H and O–H groups in total. The molecule has 2 rings (SSSR count). The van der Waals surface area contributed by atoms with Crippen molar-refractivity contribution in [1.82, 2.24) is 9.97 Å². The molecule has 1 heterocycles. The van der Waals surface area contributed by atoms with Crippen LogP contribution in [0.3, 0.4) is 0 Å². The third kappa shape index (κ3) is 3.04. The third-order valence-electron chi connectivity index (χ3n) is 2.64. The quantitative estimate of drug-likeness (QED) is 0.671. The van der Waals surface area contributed by atoms with Crippen molar-refractivity contribution in [3.63, 3.8) is 0 Å². The van der Waals surface area contributed by atoms with Gasteiger partial charge in [-0.3, -0.25) is 10.1 Å². The van der Waals surface area contributed by atoms with E-state index in [0.717, 1.165) is 24.1 Å². The van der Waals surface area contributed by atoms with E-state index in [1.165, 1.54) is 12.1 Å². The highest BCUT2D eigenvalue weighted by Gasteiger charge is 2.08. The van der Waals surface area contributed by atoms with Gasteiger partial charge in [0.2, 0.25) is 0 Å². The number of hydrogen-bond acceptors (Lipinski definition) is 5. The van der Waals surface area contributed by atoms with Gasteiger partial charge in [0.15, 0.2) is 5.82 Å². The van der Waals surface area contributed by atoms with Crippen molar-refractivity contribution in [3.05, 3.63) is 46.1 Å². The van der Waals surface area contributed by atoms with Crippen molar-refractivity contribution < 1.29 is 4.92 Å². The Balaban J connectivity index is 2.37. The standard InChI is InChI=1S/C13H14N4O2/c1-2-3-10-8-12(14)16-13(15-10)9-4-6-11(7-5-9)17(18)19/h4-8H,2-3H2,1H3,(H2,14,15,16). The van der Waals surface area contributed by atoms with Gasteiger partial charge in [0.1, 0.15) is 5.82 Å². The average Bonchev–Trinajstić information content (AvgIpc) is 2.38. The van der Waals surface area contributed by atoms with Crippen molar-refractivity contribution >= 4 is 11.5 Å². The zero-order chi connectivity index (χ0) is 13.8. The van der Waals surface area contributed by atoms with E-state index in [0.29, 0.717) is 11.6 Å². The number of rotatable bonds is 4. The molecule has 6 heteroatoms. The highest BCUT2D eigenvalue weighted by Crippen LogP contribution is 2.20. The number of non-ortho nitro benzene ring substituents is 1. The Morgan fingerprint density at radius 1 is 1.26 bits per heavy atom. The summed E-state index contributed by atoms with van der Waals surface area (Å²) >= 11 is 0. The van der Waals surface area contributed by atoms with Crippen LogP contribution >= 0.6 is 0 Å². The molecule has 0 fully saturated rings. The maximum absolute atomic E-state index is 10.6. The molecule has 0 aliphatic carbocycles. The summed E-state index contributed by atoms with van der Waals surface area (Å²) in [5.74, 6) is 0.908. The Morgan fingerprint density at radius 3 is 2.53 bits per heavy atom. The van der Waals surface area contributed by atoms with E-state index in [-0.39, 0.29) is 5.69 Å². The van der Waals surface area contributed by atoms with Crippen LogP contribution in [0.2, 0.25) is 0 Å². The molecule has 1 aromatic heterocycles. The van der Waals surface area contributed by atoms with Gasteiger partial charge in [0.05, 0.1) is 4.92 Å². The first-order valence-corrected chi connectivity index (χ1v) is 5.98. The fourth-order valence-electron chi connectivity index (χ4n) is 1.76. The largest absolute Gasteiger partial charge is 0.384 e. The predicted octanol–water partition coefficient (Wildman–Crippen LogP) is 2.59. The van der Waals surface area contributed by atoms with E-state index in [2.05, 4.69) is 16.9 Å². The third-order valence-corrected chi connectivity index (χ3v) is 2.64. The second-order valence-corrected chi connectivity index (χ2v) is 4.16. The van der Waals surface area contributed by atoms with E-state index in [1.807, 2.05) is 0 Å². The molecule has 19 heavy (non-hydrogen) atoms. The van der Waals surface area contributed by atoms with Crippen LogP contribution < -0.4 is 5.73 Å². The maximum Gasteiger partial charge on any atom is 0.269 e. The summed E-state index contributed by atoms with van der Waals surface area (Å²) in [5.41, 5.74) is 7.38. The fourth-order valence-corrected chi connectivity index (χ4v) is 1.76. The molecule has 0 amide bonds. The molecule has 0 atom stereocenters. The molecule has 0 aliphatic heterocycles. The van der Waals surface area contributed by atoms with Gasteiger partial charge in [0, 0.05) is 29.5 Å². The summed E-state index contributed by atoms with van der Waals surface area (Å²) in [6, 6.07) is 7.87. The first-order chi connectivity index (χ1) is 9.10. The number of nitro benzene ring substituents is 1. The zero-order valence-electron chi connectivity index (χ0n) is 10.5. The monoisotopic (exact) mass is 258 g/mol. The maximum atomic E-state index is 10.6. The average molecular weight is 258 g/mol. The number of hydrogen-bond donors (Lipinski definition) is 1. The van der Waals surface area contributed by atoms with Gasteiger partial charge < -0.3 is 5.73 Å². The summed E-state index contributed by atoms with van der Waals surface area (Å²) in [4.78, 5) is 18.7. The van der Waals surface area contributed by atoms with Crippen LogP contribution in [0.1, 0.15) is 19.0 Å². The second kappa shape index (κ2) is 5.43. The summed E-state index contributed by atoms with van der Waals surface area (Å²) in [7, 11) is 0. The van der Waals surface area contributed by atoms with E-state index < -0.39 is 4.92 Å². The van der Waals surface area contributed by atoms with E-state index in [1.54, 1.807) is 18.2 Å². The SMILES string of the molecule is CCCc1cc(N)nc(-c2ccc([N+](=O)[O-])cc2)n1. The summed E-state index contributed by atoms with van der Waals surface area (Å²) < 4.78 is 0. The number of nitrogen functional groups attached to an aromatic ring is 1. The fraction of sp³-hybridized carbons (Fsp3) is 0.231. The van der Waals surface area contributed by atoms with E-state index in [4.69, 9.17) is 5.73 Å². The Kier molecular flexibility index (Phi) is 3.70. The topological polar surface area (TPSA) is 94.9 Å². The number of benzene rings is 1. The molecule has 0 radical (unpaired) electrons. The highest BCUT2D eigenvalue weighted by molar-refractivity contribution is 5.59. The molecule has 6 nitrogen and oxygen atoms in total. The van der Waals surface area contributed by atoms with Crippen LogP contribution in [0, 0.1) is 10.1 Å². The Labute approximate surface area is 110 Å². The van der Waals surface area contributed by atoms with Crippen molar-refractivity contribution in [2.75, 3.05) is 5.73 Å². The Morgan fingerprint density at radius 2 is 1.95 bits per heavy atom. The summed E-state index contributed by atoms with van der Waals surface area (Å²) in [6.45, 7) is 2.06. The van der Waals surface area contributed by atoms with Crippen LogP contribution in [0.5, 0.6) is 0 Å². The van der Waals surface area contributed by atoms with E-state index in [9.17, 15) is 10.1 Å². The molecule has 98 valence electrons. The number of nitrogens with zero attached hydrogens (tertiary/aromatic N) is 3. The van der Waals surface area contributed by atoms with Gasteiger partial charge in [-0.1, -0.05) is 13.3 Å². The molecule has 0 unspecified atom stereocenters. The summed E-state index contributed by atoms with van der Waals surface area (Å²) in [5, 5.41) is 10.6. The lowest BCUT2D eigenvalue weighted by atomic mass is 10.2. The van der Waals surface area contributed by atoms with Gasteiger partial charge in [0.25, 0.3) is 5.69 Å². The van der Waals surface area contributed by atoms with Crippen LogP contribution in [0.15, 0.2) is 30.3 Å². The first kappa shape index (κ1) is 12.9. The van der Waals surface area contributed by atoms with Crippen LogP contribution in [-0.4, -0.2) is 14.9 Å². The van der Waals surface area contributed by atoms with Gasteiger partial charge in [-0.05, 0) is 18.6 Å². The predicted molar refractivity (Wildman–Crippen MR) is 72.5 cm³/mol. The van der Waals surface area contributed by atoms with Gasteiger partial charge in [-0.15, -0.1) is 0 Å². The van der Waals surface area contributed by atoms with Crippen molar-refractivity contribution in [2.45, 2.75) is 19.8 Å². The van der Waals surface area contributed by atoms with Crippen molar-refractivity contribution in [3.8, 4) is 11.4 Å².